The van der Waals surface area contributed by atoms with Crippen LogP contribution in [0.2, 0.25) is 5.02 Å². The van der Waals surface area contributed by atoms with E-state index in [0.29, 0.717) is 6.07 Å². The topological polar surface area (TPSA) is 97.1 Å². The SMILES string of the molecule is COCCOC(=O)C(C)Oc1cccc(Oc2ccc(C(F)(F)F)cc2Cl)c1[N+](=O)[O-]. The maximum Gasteiger partial charge on any atom is 0.416 e. The summed E-state index contributed by atoms with van der Waals surface area (Å²) >= 11 is 5.85. The van der Waals surface area contributed by atoms with Gasteiger partial charge in [-0.2, -0.15) is 13.2 Å². The molecule has 0 heterocycles. The van der Waals surface area contributed by atoms with Crippen molar-refractivity contribution in [1.82, 2.24) is 0 Å². The first-order valence-corrected chi connectivity index (χ1v) is 9.06. The molecule has 1 atom stereocenters. The van der Waals surface area contributed by atoms with E-state index in [1.54, 1.807) is 0 Å². The third-order valence-corrected chi connectivity index (χ3v) is 4.09. The van der Waals surface area contributed by atoms with Crippen molar-refractivity contribution in [3.8, 4) is 17.2 Å². The Hall–Kier alpha value is -3.05. The molecular weight excluding hydrogens is 447 g/mol. The zero-order valence-electron chi connectivity index (χ0n) is 16.3. The minimum absolute atomic E-state index is 0.0271. The molecule has 1 unspecified atom stereocenters. The number of nitro benzene ring substituents is 1. The fourth-order valence-corrected chi connectivity index (χ4v) is 2.54. The van der Waals surface area contributed by atoms with Gasteiger partial charge in [0.25, 0.3) is 0 Å². The number of hydrogen-bond acceptors (Lipinski definition) is 7. The monoisotopic (exact) mass is 463 g/mol. The molecule has 0 bridgehead atoms. The van der Waals surface area contributed by atoms with Gasteiger partial charge < -0.3 is 18.9 Å². The third-order valence-electron chi connectivity index (χ3n) is 3.79. The minimum Gasteiger partial charge on any atom is -0.472 e. The molecule has 8 nitrogen and oxygen atoms in total. The van der Waals surface area contributed by atoms with Crippen LogP contribution in [0, 0.1) is 10.1 Å². The average molecular weight is 464 g/mol. The van der Waals surface area contributed by atoms with Crippen LogP contribution in [0.3, 0.4) is 0 Å². The van der Waals surface area contributed by atoms with Crippen molar-refractivity contribution in [3.63, 3.8) is 0 Å². The van der Waals surface area contributed by atoms with Gasteiger partial charge in [0, 0.05) is 7.11 Å². The van der Waals surface area contributed by atoms with Gasteiger partial charge in [-0.25, -0.2) is 4.79 Å². The van der Waals surface area contributed by atoms with E-state index in [0.717, 1.165) is 12.1 Å². The quantitative estimate of drug-likeness (QED) is 0.223. The maximum atomic E-state index is 12.8. The Kier molecular flexibility index (Phi) is 8.06. The van der Waals surface area contributed by atoms with Crippen LogP contribution in [0.5, 0.6) is 17.2 Å². The Morgan fingerprint density at radius 1 is 1.16 bits per heavy atom. The van der Waals surface area contributed by atoms with E-state index in [2.05, 4.69) is 0 Å². The molecule has 0 aliphatic carbocycles. The Labute approximate surface area is 179 Å². The number of para-hydroxylation sites is 1. The van der Waals surface area contributed by atoms with Gasteiger partial charge >= 0.3 is 17.8 Å². The number of ether oxygens (including phenoxy) is 4. The predicted molar refractivity (Wildman–Crippen MR) is 103 cm³/mol. The van der Waals surface area contributed by atoms with Gasteiger partial charge in [-0.15, -0.1) is 0 Å². The van der Waals surface area contributed by atoms with Gasteiger partial charge in [0.15, 0.2) is 6.10 Å². The van der Waals surface area contributed by atoms with E-state index < -0.39 is 39.4 Å². The average Bonchev–Trinajstić information content (AvgIpc) is 2.68. The highest BCUT2D eigenvalue weighted by Gasteiger charge is 2.32. The van der Waals surface area contributed by atoms with E-state index in [1.807, 2.05) is 0 Å². The number of nitro groups is 1. The van der Waals surface area contributed by atoms with E-state index in [-0.39, 0.29) is 30.5 Å². The molecule has 0 saturated heterocycles. The lowest BCUT2D eigenvalue weighted by molar-refractivity contribution is -0.386. The Morgan fingerprint density at radius 3 is 2.42 bits per heavy atom. The second-order valence-electron chi connectivity index (χ2n) is 6.03. The fraction of sp³-hybridized carbons (Fsp3) is 0.316. The van der Waals surface area contributed by atoms with E-state index in [4.69, 9.17) is 30.5 Å². The summed E-state index contributed by atoms with van der Waals surface area (Å²) in [7, 11) is 1.42. The number of alkyl halides is 3. The summed E-state index contributed by atoms with van der Waals surface area (Å²) in [4.78, 5) is 22.7. The Balaban J connectivity index is 2.28. The van der Waals surface area contributed by atoms with Gasteiger partial charge in [-0.05, 0) is 37.3 Å². The summed E-state index contributed by atoms with van der Waals surface area (Å²) in [6.45, 7) is 1.47. The number of methoxy groups -OCH3 is 1. The third kappa shape index (κ3) is 6.46. The van der Waals surface area contributed by atoms with E-state index >= 15 is 0 Å². The fourth-order valence-electron chi connectivity index (χ4n) is 2.32. The number of nitrogens with zero attached hydrogens (tertiary/aromatic N) is 1. The van der Waals surface area contributed by atoms with Crippen LogP contribution in [0.4, 0.5) is 18.9 Å². The molecule has 168 valence electrons. The molecule has 12 heteroatoms. The summed E-state index contributed by atoms with van der Waals surface area (Å²) < 4.78 is 58.7. The van der Waals surface area contributed by atoms with Crippen LogP contribution in [-0.2, 0) is 20.4 Å². The predicted octanol–water partition coefficient (Wildman–Crippen LogP) is 5.02. The van der Waals surface area contributed by atoms with Crippen LogP contribution in [0.15, 0.2) is 36.4 Å². The summed E-state index contributed by atoms with van der Waals surface area (Å²) in [5.41, 5.74) is -1.65. The Bertz CT molecular complexity index is 953. The van der Waals surface area contributed by atoms with Crippen molar-refractivity contribution < 1.29 is 41.8 Å². The molecule has 0 aliphatic rings. The first-order chi connectivity index (χ1) is 14.5. The molecule has 0 fully saturated rings. The highest BCUT2D eigenvalue weighted by molar-refractivity contribution is 6.32. The van der Waals surface area contributed by atoms with Crippen LogP contribution in [-0.4, -0.2) is 37.3 Å². The van der Waals surface area contributed by atoms with Gasteiger partial charge in [0.05, 0.1) is 22.1 Å². The molecule has 2 aromatic carbocycles. The first kappa shape index (κ1) is 24.2. The van der Waals surface area contributed by atoms with Crippen molar-refractivity contribution >= 4 is 23.3 Å². The van der Waals surface area contributed by atoms with Crippen molar-refractivity contribution in [2.24, 2.45) is 0 Å². The maximum absolute atomic E-state index is 12.8. The lowest BCUT2D eigenvalue weighted by Gasteiger charge is -2.15. The highest BCUT2D eigenvalue weighted by Crippen LogP contribution is 2.42. The van der Waals surface area contributed by atoms with Crippen LogP contribution in [0.25, 0.3) is 0 Å². The molecule has 0 aliphatic heterocycles. The standard InChI is InChI=1S/C19H17ClF3NO7/c1-11(18(25)29-9-8-28-2)30-15-4-3-5-16(17(15)24(26)27)31-14-7-6-12(10-13(14)20)19(21,22)23/h3-7,10-11H,8-9H2,1-2H3. The number of benzene rings is 2. The molecule has 31 heavy (non-hydrogen) atoms. The van der Waals surface area contributed by atoms with Crippen LogP contribution < -0.4 is 9.47 Å². The Morgan fingerprint density at radius 2 is 1.84 bits per heavy atom. The number of hydrogen-bond donors (Lipinski definition) is 0. The van der Waals surface area contributed by atoms with E-state index in [9.17, 15) is 28.1 Å². The van der Waals surface area contributed by atoms with Gasteiger partial charge in [-0.3, -0.25) is 10.1 Å². The van der Waals surface area contributed by atoms with Gasteiger partial charge in [0.2, 0.25) is 11.5 Å². The second kappa shape index (κ2) is 10.3. The van der Waals surface area contributed by atoms with Crippen molar-refractivity contribution in [2.75, 3.05) is 20.3 Å². The smallest absolute Gasteiger partial charge is 0.416 e. The molecule has 2 rings (SSSR count). The molecular formula is C19H17ClF3NO7. The molecule has 0 saturated carbocycles. The molecule has 0 aromatic heterocycles. The highest BCUT2D eigenvalue weighted by atomic mass is 35.5. The van der Waals surface area contributed by atoms with Crippen molar-refractivity contribution in [1.29, 1.82) is 0 Å². The number of carbonyl (C=O) groups excluding carboxylic acids is 1. The van der Waals surface area contributed by atoms with Crippen molar-refractivity contribution in [3.05, 3.63) is 57.1 Å². The number of carbonyl (C=O) groups is 1. The largest absolute Gasteiger partial charge is 0.472 e. The molecule has 0 spiro atoms. The number of rotatable bonds is 9. The number of esters is 1. The minimum atomic E-state index is -4.62. The first-order valence-electron chi connectivity index (χ1n) is 8.68. The summed E-state index contributed by atoms with van der Waals surface area (Å²) in [6.07, 6.45) is -5.81. The van der Waals surface area contributed by atoms with E-state index in [1.165, 1.54) is 32.2 Å². The molecule has 0 amide bonds. The van der Waals surface area contributed by atoms with Gasteiger partial charge in [0.1, 0.15) is 12.4 Å². The summed E-state index contributed by atoms with van der Waals surface area (Å²) in [5, 5.41) is 11.2. The second-order valence-corrected chi connectivity index (χ2v) is 6.43. The molecule has 2 aromatic rings. The van der Waals surface area contributed by atoms with Crippen LogP contribution >= 0.6 is 11.6 Å². The lowest BCUT2D eigenvalue weighted by Crippen LogP contribution is -2.27. The lowest BCUT2D eigenvalue weighted by atomic mass is 10.2. The number of halogens is 4. The zero-order chi connectivity index (χ0) is 23.2. The molecule has 0 N–H and O–H groups in total. The van der Waals surface area contributed by atoms with Gasteiger partial charge in [-0.1, -0.05) is 17.7 Å². The van der Waals surface area contributed by atoms with Crippen LogP contribution in [0.1, 0.15) is 12.5 Å². The molecule has 0 radical (unpaired) electrons. The normalized spacial score (nSPS) is 12.2. The van der Waals surface area contributed by atoms with Crippen molar-refractivity contribution in [2.45, 2.75) is 19.2 Å². The summed E-state index contributed by atoms with van der Waals surface area (Å²) in [6, 6.07) is 6.10. The summed E-state index contributed by atoms with van der Waals surface area (Å²) in [5.74, 6) is -1.66. The zero-order valence-corrected chi connectivity index (χ0v) is 17.0.